The molecule has 0 atom stereocenters. The second-order valence-corrected chi connectivity index (χ2v) is 7.73. The number of aryl methyl sites for hydroxylation is 1. The third-order valence-corrected chi connectivity index (χ3v) is 5.68. The lowest BCUT2D eigenvalue weighted by molar-refractivity contribution is -0.140. The van der Waals surface area contributed by atoms with Crippen LogP contribution in [0.3, 0.4) is 0 Å². The Morgan fingerprint density at radius 2 is 1.57 bits per heavy atom. The van der Waals surface area contributed by atoms with E-state index >= 15 is 0 Å². The van der Waals surface area contributed by atoms with Crippen LogP contribution in [0.2, 0.25) is 0 Å². The summed E-state index contributed by atoms with van der Waals surface area (Å²) >= 11 is 0. The van der Waals surface area contributed by atoms with Crippen molar-refractivity contribution < 1.29 is 19.0 Å². The highest BCUT2D eigenvalue weighted by Crippen LogP contribution is 2.32. The molecule has 0 bridgehead atoms. The molecule has 0 heterocycles. The number of benzene rings is 2. The number of rotatable bonds is 9. The molecule has 4 heteroatoms. The van der Waals surface area contributed by atoms with Crippen molar-refractivity contribution in [3.8, 4) is 11.5 Å². The monoisotopic (exact) mass is 408 g/mol. The fourth-order valence-corrected chi connectivity index (χ4v) is 3.91. The van der Waals surface area contributed by atoms with Gasteiger partial charge in [0.2, 0.25) is 0 Å². The SMILES string of the molecule is COC(=O)CCCc1ccc(OCC2=C(c3ccc(OC)cc3)CCCCC2)cc1. The van der Waals surface area contributed by atoms with E-state index in [9.17, 15) is 4.79 Å². The van der Waals surface area contributed by atoms with Crippen LogP contribution in [0.1, 0.15) is 56.1 Å². The molecule has 0 saturated carbocycles. The molecule has 2 aromatic rings. The van der Waals surface area contributed by atoms with Gasteiger partial charge in [0, 0.05) is 6.42 Å². The van der Waals surface area contributed by atoms with Gasteiger partial charge in [-0.25, -0.2) is 0 Å². The largest absolute Gasteiger partial charge is 0.497 e. The molecule has 0 amide bonds. The van der Waals surface area contributed by atoms with Gasteiger partial charge in [-0.05, 0) is 85.1 Å². The van der Waals surface area contributed by atoms with Crippen LogP contribution in [0.15, 0.2) is 54.1 Å². The van der Waals surface area contributed by atoms with Crippen LogP contribution in [-0.4, -0.2) is 26.8 Å². The number of hydrogen-bond acceptors (Lipinski definition) is 4. The Hall–Kier alpha value is -2.75. The molecule has 1 aliphatic carbocycles. The minimum Gasteiger partial charge on any atom is -0.497 e. The average Bonchev–Trinajstić information content (AvgIpc) is 3.04. The summed E-state index contributed by atoms with van der Waals surface area (Å²) in [6, 6.07) is 16.6. The lowest BCUT2D eigenvalue weighted by atomic mass is 9.96. The number of carbonyl (C=O) groups is 1. The van der Waals surface area contributed by atoms with Gasteiger partial charge >= 0.3 is 5.97 Å². The van der Waals surface area contributed by atoms with Gasteiger partial charge in [0.05, 0.1) is 14.2 Å². The molecule has 0 spiro atoms. The van der Waals surface area contributed by atoms with Crippen molar-refractivity contribution in [2.24, 2.45) is 0 Å². The van der Waals surface area contributed by atoms with Crippen LogP contribution < -0.4 is 9.47 Å². The molecule has 0 fully saturated rings. The first-order chi connectivity index (χ1) is 14.7. The first-order valence-corrected chi connectivity index (χ1v) is 10.8. The van der Waals surface area contributed by atoms with Gasteiger partial charge in [-0.3, -0.25) is 4.79 Å². The number of esters is 1. The summed E-state index contributed by atoms with van der Waals surface area (Å²) in [7, 11) is 3.13. The number of allylic oxidation sites excluding steroid dienone is 1. The van der Waals surface area contributed by atoms with Crippen LogP contribution in [-0.2, 0) is 16.0 Å². The number of ether oxygens (including phenoxy) is 3. The second kappa shape index (κ2) is 11.4. The summed E-state index contributed by atoms with van der Waals surface area (Å²) in [6.45, 7) is 0.628. The number of hydrogen-bond donors (Lipinski definition) is 0. The summed E-state index contributed by atoms with van der Waals surface area (Å²) in [5.41, 5.74) is 5.31. The Balaban J connectivity index is 1.62. The lowest BCUT2D eigenvalue weighted by Gasteiger charge is -2.15. The summed E-state index contributed by atoms with van der Waals surface area (Å²) in [5.74, 6) is 1.62. The van der Waals surface area contributed by atoms with Crippen molar-refractivity contribution in [3.63, 3.8) is 0 Å². The Kier molecular flexibility index (Phi) is 8.37. The molecule has 30 heavy (non-hydrogen) atoms. The fourth-order valence-electron chi connectivity index (χ4n) is 3.91. The topological polar surface area (TPSA) is 44.8 Å². The van der Waals surface area contributed by atoms with Gasteiger partial charge in [0.25, 0.3) is 0 Å². The Morgan fingerprint density at radius 1 is 0.867 bits per heavy atom. The molecule has 0 radical (unpaired) electrons. The van der Waals surface area contributed by atoms with Crippen LogP contribution in [0.25, 0.3) is 5.57 Å². The van der Waals surface area contributed by atoms with Crippen molar-refractivity contribution in [1.82, 2.24) is 0 Å². The summed E-state index contributed by atoms with van der Waals surface area (Å²) in [5, 5.41) is 0. The first kappa shape index (κ1) is 21.9. The standard InChI is InChI=1S/C26H32O4/c1-28-23-17-13-21(14-18-23)25-9-5-3-4-8-22(25)19-30-24-15-11-20(12-16-24)7-6-10-26(27)29-2/h11-18H,3-10,19H2,1-2H3. The molecule has 0 saturated heterocycles. The zero-order valence-corrected chi connectivity index (χ0v) is 18.1. The molecule has 0 unspecified atom stereocenters. The maximum absolute atomic E-state index is 11.2. The summed E-state index contributed by atoms with van der Waals surface area (Å²) in [6.07, 6.45) is 8.02. The predicted molar refractivity (Wildman–Crippen MR) is 120 cm³/mol. The fraction of sp³-hybridized carbons (Fsp3) is 0.423. The van der Waals surface area contributed by atoms with Gasteiger partial charge in [-0.15, -0.1) is 0 Å². The molecular formula is C26H32O4. The minimum atomic E-state index is -0.153. The molecule has 160 valence electrons. The second-order valence-electron chi connectivity index (χ2n) is 7.73. The molecular weight excluding hydrogens is 376 g/mol. The molecule has 0 aliphatic heterocycles. The highest BCUT2D eigenvalue weighted by Gasteiger charge is 2.14. The first-order valence-electron chi connectivity index (χ1n) is 10.8. The van der Waals surface area contributed by atoms with E-state index in [1.807, 2.05) is 24.3 Å². The normalized spacial score (nSPS) is 14.2. The van der Waals surface area contributed by atoms with E-state index in [4.69, 9.17) is 9.47 Å². The molecule has 1 aliphatic rings. The molecule has 2 aromatic carbocycles. The molecule has 0 aromatic heterocycles. The van der Waals surface area contributed by atoms with Crippen molar-refractivity contribution in [1.29, 1.82) is 0 Å². The van der Waals surface area contributed by atoms with Crippen molar-refractivity contribution in [2.45, 2.75) is 51.4 Å². The minimum absolute atomic E-state index is 0.153. The number of carbonyl (C=O) groups excluding carboxylic acids is 1. The van der Waals surface area contributed by atoms with Crippen LogP contribution in [0, 0.1) is 0 Å². The van der Waals surface area contributed by atoms with E-state index in [-0.39, 0.29) is 5.97 Å². The highest BCUT2D eigenvalue weighted by atomic mass is 16.5. The third-order valence-electron chi connectivity index (χ3n) is 5.68. The third kappa shape index (κ3) is 6.38. The van der Waals surface area contributed by atoms with Gasteiger partial charge in [0.1, 0.15) is 18.1 Å². The maximum atomic E-state index is 11.2. The van der Waals surface area contributed by atoms with Crippen LogP contribution >= 0.6 is 0 Å². The summed E-state index contributed by atoms with van der Waals surface area (Å²) in [4.78, 5) is 11.2. The van der Waals surface area contributed by atoms with Crippen LogP contribution in [0.5, 0.6) is 11.5 Å². The number of methoxy groups -OCH3 is 2. The molecule has 3 rings (SSSR count). The van der Waals surface area contributed by atoms with E-state index in [1.165, 1.54) is 48.6 Å². The lowest BCUT2D eigenvalue weighted by Crippen LogP contribution is -2.04. The van der Waals surface area contributed by atoms with E-state index in [1.54, 1.807) is 7.11 Å². The summed E-state index contributed by atoms with van der Waals surface area (Å²) < 4.78 is 16.1. The van der Waals surface area contributed by atoms with Crippen molar-refractivity contribution >= 4 is 11.5 Å². The Morgan fingerprint density at radius 3 is 2.27 bits per heavy atom. The van der Waals surface area contributed by atoms with E-state index in [0.29, 0.717) is 13.0 Å². The molecule has 0 N–H and O–H groups in total. The van der Waals surface area contributed by atoms with Crippen molar-refractivity contribution in [3.05, 3.63) is 65.2 Å². The van der Waals surface area contributed by atoms with E-state index in [0.717, 1.165) is 37.2 Å². The maximum Gasteiger partial charge on any atom is 0.305 e. The quantitative estimate of drug-likeness (QED) is 0.478. The van der Waals surface area contributed by atoms with Crippen molar-refractivity contribution in [2.75, 3.05) is 20.8 Å². The Labute approximate surface area is 179 Å². The van der Waals surface area contributed by atoms with Gasteiger partial charge in [0.15, 0.2) is 0 Å². The Bertz CT molecular complexity index is 834. The highest BCUT2D eigenvalue weighted by molar-refractivity contribution is 5.70. The van der Waals surface area contributed by atoms with Crippen LogP contribution in [0.4, 0.5) is 0 Å². The smallest absolute Gasteiger partial charge is 0.305 e. The zero-order valence-electron chi connectivity index (χ0n) is 18.1. The van der Waals surface area contributed by atoms with Gasteiger partial charge in [-0.1, -0.05) is 30.7 Å². The van der Waals surface area contributed by atoms with E-state index < -0.39 is 0 Å². The van der Waals surface area contributed by atoms with Gasteiger partial charge in [-0.2, -0.15) is 0 Å². The van der Waals surface area contributed by atoms with Gasteiger partial charge < -0.3 is 14.2 Å². The van der Waals surface area contributed by atoms with E-state index in [2.05, 4.69) is 29.0 Å². The molecule has 4 nitrogen and oxygen atoms in total. The average molecular weight is 409 g/mol. The zero-order chi connectivity index (χ0) is 21.2. The predicted octanol–water partition coefficient (Wildman–Crippen LogP) is 5.99.